The van der Waals surface area contributed by atoms with Crippen molar-refractivity contribution in [2.24, 2.45) is 5.92 Å². The third-order valence-corrected chi connectivity index (χ3v) is 3.99. The van der Waals surface area contributed by atoms with Crippen LogP contribution in [0.15, 0.2) is 60.8 Å². The summed E-state index contributed by atoms with van der Waals surface area (Å²) in [7, 11) is 0. The van der Waals surface area contributed by atoms with Gasteiger partial charge in [-0.2, -0.15) is 0 Å². The lowest BCUT2D eigenvalue weighted by atomic mass is 10.0. The summed E-state index contributed by atoms with van der Waals surface area (Å²) in [6.07, 6.45) is 0. The van der Waals surface area contributed by atoms with Gasteiger partial charge in [0.15, 0.2) is 11.6 Å². The molecule has 0 unspecified atom stereocenters. The number of rotatable bonds is 4. The van der Waals surface area contributed by atoms with Crippen molar-refractivity contribution in [2.45, 2.75) is 0 Å². The first-order chi connectivity index (χ1) is 11.5. The lowest BCUT2D eigenvalue weighted by Crippen LogP contribution is -2.40. The number of allylic oxidation sites excluding steroid dienone is 1. The van der Waals surface area contributed by atoms with Gasteiger partial charge in [0.05, 0.1) is 0 Å². The van der Waals surface area contributed by atoms with E-state index in [0.717, 1.165) is 0 Å². The molecule has 1 aliphatic carbocycles. The molecule has 3 rings (SSSR count). The number of carbonyl (C=O) groups is 3. The Labute approximate surface area is 143 Å². The molecule has 0 saturated heterocycles. The summed E-state index contributed by atoms with van der Waals surface area (Å²) in [5, 5.41) is 0.429. The molecule has 0 spiro atoms. The Balaban J connectivity index is 1.69. The van der Waals surface area contributed by atoms with Crippen molar-refractivity contribution in [3.8, 4) is 0 Å². The highest BCUT2D eigenvalue weighted by Gasteiger charge is 2.40. The van der Waals surface area contributed by atoms with Crippen molar-refractivity contribution in [2.75, 3.05) is 0 Å². The molecule has 0 aliphatic heterocycles. The number of amides is 1. The van der Waals surface area contributed by atoms with E-state index in [-0.39, 0.29) is 17.3 Å². The first kappa shape index (κ1) is 16.0. The predicted molar refractivity (Wildman–Crippen MR) is 89.8 cm³/mol. The summed E-state index contributed by atoms with van der Waals surface area (Å²) in [5.74, 6) is -2.15. The Morgan fingerprint density at radius 1 is 0.958 bits per heavy atom. The van der Waals surface area contributed by atoms with E-state index in [4.69, 9.17) is 11.6 Å². The van der Waals surface area contributed by atoms with Crippen LogP contribution in [-0.4, -0.2) is 17.5 Å². The summed E-state index contributed by atoms with van der Waals surface area (Å²) in [6.45, 7) is 3.71. The predicted octanol–water partition coefficient (Wildman–Crippen LogP) is 2.78. The molecule has 2 aromatic carbocycles. The van der Waals surface area contributed by atoms with Crippen LogP contribution in [0.2, 0.25) is 5.02 Å². The first-order valence-corrected chi connectivity index (χ1v) is 7.55. The van der Waals surface area contributed by atoms with Gasteiger partial charge in [0.2, 0.25) is 0 Å². The molecule has 24 heavy (non-hydrogen) atoms. The van der Waals surface area contributed by atoms with E-state index < -0.39 is 11.8 Å². The third kappa shape index (κ3) is 2.81. The number of hydrazine groups is 1. The van der Waals surface area contributed by atoms with E-state index in [1.807, 2.05) is 0 Å². The second kappa shape index (κ2) is 6.29. The van der Waals surface area contributed by atoms with Crippen LogP contribution in [0.3, 0.4) is 0 Å². The van der Waals surface area contributed by atoms with Crippen molar-refractivity contribution in [3.05, 3.63) is 82.5 Å². The number of benzene rings is 2. The number of nitrogens with one attached hydrogen (secondary N) is 2. The van der Waals surface area contributed by atoms with Crippen LogP contribution in [0.4, 0.5) is 0 Å². The van der Waals surface area contributed by atoms with Gasteiger partial charge >= 0.3 is 0 Å². The Bertz CT molecular complexity index is 841. The number of fused-ring (bicyclic) bond motifs is 1. The fourth-order valence-corrected chi connectivity index (χ4v) is 2.76. The molecule has 0 radical (unpaired) electrons. The lowest BCUT2D eigenvalue weighted by molar-refractivity contribution is 0.0844. The molecule has 0 aromatic heterocycles. The van der Waals surface area contributed by atoms with Gasteiger partial charge in [-0.15, -0.1) is 0 Å². The van der Waals surface area contributed by atoms with E-state index in [2.05, 4.69) is 17.4 Å². The maximum Gasteiger partial charge on any atom is 0.269 e. The molecule has 0 bridgehead atoms. The molecule has 6 heteroatoms. The van der Waals surface area contributed by atoms with Gasteiger partial charge in [0.1, 0.15) is 5.92 Å². The summed E-state index contributed by atoms with van der Waals surface area (Å²) >= 11 is 5.84. The zero-order valence-electron chi connectivity index (χ0n) is 12.5. The van der Waals surface area contributed by atoms with Crippen molar-refractivity contribution in [1.82, 2.24) is 10.9 Å². The highest BCUT2D eigenvalue weighted by atomic mass is 35.5. The summed E-state index contributed by atoms with van der Waals surface area (Å²) < 4.78 is 0. The molecule has 0 fully saturated rings. The monoisotopic (exact) mass is 340 g/mol. The van der Waals surface area contributed by atoms with Crippen LogP contribution in [0.5, 0.6) is 0 Å². The van der Waals surface area contributed by atoms with Gasteiger partial charge in [-0.1, -0.05) is 48.5 Å². The number of ketones is 2. The number of carbonyl (C=O) groups excluding carboxylic acids is 3. The minimum atomic E-state index is -1.04. The van der Waals surface area contributed by atoms with Gasteiger partial charge in [-0.25, -0.2) is 0 Å². The zero-order chi connectivity index (χ0) is 17.3. The molecular formula is C18H13ClN2O3. The average Bonchev–Trinajstić information content (AvgIpc) is 2.84. The molecule has 1 aliphatic rings. The number of hydrogen-bond donors (Lipinski definition) is 2. The smallest absolute Gasteiger partial charge is 0.269 e. The van der Waals surface area contributed by atoms with Crippen LogP contribution in [0.1, 0.15) is 31.1 Å². The summed E-state index contributed by atoms with van der Waals surface area (Å²) in [4.78, 5) is 36.8. The first-order valence-electron chi connectivity index (χ1n) is 7.17. The highest BCUT2D eigenvalue weighted by molar-refractivity contribution is 6.31. The largest absolute Gasteiger partial charge is 0.302 e. The molecule has 2 N–H and O–H groups in total. The van der Waals surface area contributed by atoms with Crippen LogP contribution >= 0.6 is 11.6 Å². The van der Waals surface area contributed by atoms with Gasteiger partial charge in [-0.3, -0.25) is 19.8 Å². The SMILES string of the molecule is C=C(NNC(=O)c1cccc(Cl)c1)C1C(=O)c2ccccc2C1=O. The number of hydrogen-bond acceptors (Lipinski definition) is 4. The van der Waals surface area contributed by atoms with Gasteiger partial charge in [0, 0.05) is 27.4 Å². The fourth-order valence-electron chi connectivity index (χ4n) is 2.57. The molecule has 1 amide bonds. The van der Waals surface area contributed by atoms with E-state index in [9.17, 15) is 14.4 Å². The second-order valence-electron chi connectivity index (χ2n) is 5.32. The quantitative estimate of drug-likeness (QED) is 0.663. The van der Waals surface area contributed by atoms with Gasteiger partial charge in [-0.05, 0) is 18.2 Å². The number of halogens is 1. The summed E-state index contributed by atoms with van der Waals surface area (Å²) in [5.41, 5.74) is 6.19. The maximum absolute atomic E-state index is 12.4. The van der Waals surface area contributed by atoms with Crippen LogP contribution in [0.25, 0.3) is 0 Å². The molecule has 0 heterocycles. The second-order valence-corrected chi connectivity index (χ2v) is 5.76. The average molecular weight is 341 g/mol. The maximum atomic E-state index is 12.4. The molecule has 0 saturated carbocycles. The molecule has 2 aromatic rings. The number of Topliss-reactive ketones (excluding diaryl/α,β-unsaturated/α-hetero) is 2. The topological polar surface area (TPSA) is 75.3 Å². The van der Waals surface area contributed by atoms with Crippen molar-refractivity contribution in [1.29, 1.82) is 0 Å². The Hall–Kier alpha value is -2.92. The van der Waals surface area contributed by atoms with Crippen molar-refractivity contribution < 1.29 is 14.4 Å². The zero-order valence-corrected chi connectivity index (χ0v) is 13.3. The molecule has 5 nitrogen and oxygen atoms in total. The molecule has 120 valence electrons. The van der Waals surface area contributed by atoms with Gasteiger partial charge < -0.3 is 5.43 Å². The lowest BCUT2D eigenvalue weighted by Gasteiger charge is -2.14. The van der Waals surface area contributed by atoms with Gasteiger partial charge in [0.25, 0.3) is 5.91 Å². The Morgan fingerprint density at radius 2 is 1.58 bits per heavy atom. The third-order valence-electron chi connectivity index (χ3n) is 3.75. The minimum absolute atomic E-state index is 0.122. The van der Waals surface area contributed by atoms with Crippen molar-refractivity contribution >= 4 is 29.1 Å². The Morgan fingerprint density at radius 3 is 2.17 bits per heavy atom. The normalized spacial score (nSPS) is 13.5. The highest BCUT2D eigenvalue weighted by Crippen LogP contribution is 2.29. The summed E-state index contributed by atoms with van der Waals surface area (Å²) in [6, 6.07) is 13.0. The molecule has 0 atom stereocenters. The minimum Gasteiger partial charge on any atom is -0.302 e. The van der Waals surface area contributed by atoms with Crippen LogP contribution < -0.4 is 10.9 Å². The van der Waals surface area contributed by atoms with E-state index in [1.54, 1.807) is 42.5 Å². The van der Waals surface area contributed by atoms with Crippen molar-refractivity contribution in [3.63, 3.8) is 0 Å². The van der Waals surface area contributed by atoms with Crippen LogP contribution in [-0.2, 0) is 0 Å². The Kier molecular flexibility index (Phi) is 4.18. The van der Waals surface area contributed by atoms with Crippen LogP contribution in [0, 0.1) is 5.92 Å². The van der Waals surface area contributed by atoms with E-state index in [1.165, 1.54) is 6.07 Å². The fraction of sp³-hybridized carbons (Fsp3) is 0.0556. The van der Waals surface area contributed by atoms with E-state index in [0.29, 0.717) is 21.7 Å². The van der Waals surface area contributed by atoms with E-state index >= 15 is 0 Å². The molecular weight excluding hydrogens is 328 g/mol. The standard InChI is InChI=1S/C18H13ClN2O3/c1-10(20-21-18(24)11-5-4-6-12(19)9-11)15-16(22)13-7-2-3-8-14(13)17(15)23/h2-9,15,20H,1H2,(H,21,24).